The van der Waals surface area contributed by atoms with Crippen LogP contribution in [0.15, 0.2) is 18.2 Å². The molecule has 1 unspecified atom stereocenters. The van der Waals surface area contributed by atoms with Crippen molar-refractivity contribution >= 4 is 5.91 Å². The monoisotopic (exact) mass is 278 g/mol. The molecule has 0 spiro atoms. The molecule has 0 heterocycles. The molecule has 19 heavy (non-hydrogen) atoms. The predicted octanol–water partition coefficient (Wildman–Crippen LogP) is 2.26. The van der Waals surface area contributed by atoms with Crippen molar-refractivity contribution in [1.29, 1.82) is 0 Å². The van der Waals surface area contributed by atoms with Crippen LogP contribution in [0.2, 0.25) is 0 Å². The highest BCUT2D eigenvalue weighted by atomic mass is 19.4. The van der Waals surface area contributed by atoms with Gasteiger partial charge in [0.15, 0.2) is 0 Å². The SMILES string of the molecule is CC(CN)N(C)C(=O)c1ccc(F)c(C(F)(F)F)c1. The van der Waals surface area contributed by atoms with Crippen LogP contribution in [0.5, 0.6) is 0 Å². The molecule has 3 nitrogen and oxygen atoms in total. The van der Waals surface area contributed by atoms with Gasteiger partial charge in [0.05, 0.1) is 5.56 Å². The van der Waals surface area contributed by atoms with Crippen LogP contribution in [0.1, 0.15) is 22.8 Å². The molecule has 1 rings (SSSR count). The van der Waals surface area contributed by atoms with Crippen LogP contribution in [0.3, 0.4) is 0 Å². The van der Waals surface area contributed by atoms with E-state index < -0.39 is 23.5 Å². The zero-order valence-electron chi connectivity index (χ0n) is 10.5. The molecule has 7 heteroatoms. The minimum absolute atomic E-state index is 0.176. The average molecular weight is 278 g/mol. The van der Waals surface area contributed by atoms with E-state index in [4.69, 9.17) is 5.73 Å². The first kappa shape index (κ1) is 15.4. The van der Waals surface area contributed by atoms with Gasteiger partial charge in [0.2, 0.25) is 0 Å². The summed E-state index contributed by atoms with van der Waals surface area (Å²) in [5, 5.41) is 0. The number of likely N-dealkylation sites (N-methyl/N-ethyl adjacent to an activating group) is 1. The van der Waals surface area contributed by atoms with Gasteiger partial charge in [-0.25, -0.2) is 4.39 Å². The van der Waals surface area contributed by atoms with Crippen LogP contribution in [0.4, 0.5) is 17.6 Å². The molecule has 0 aliphatic carbocycles. The van der Waals surface area contributed by atoms with E-state index in [2.05, 4.69) is 0 Å². The highest BCUT2D eigenvalue weighted by Crippen LogP contribution is 2.32. The maximum atomic E-state index is 13.1. The Kier molecular flexibility index (Phi) is 4.52. The maximum Gasteiger partial charge on any atom is 0.419 e. The lowest BCUT2D eigenvalue weighted by Gasteiger charge is -2.24. The Hall–Kier alpha value is -1.63. The van der Waals surface area contributed by atoms with Crippen molar-refractivity contribution in [3.63, 3.8) is 0 Å². The number of alkyl halides is 3. The van der Waals surface area contributed by atoms with Crippen molar-refractivity contribution in [1.82, 2.24) is 4.90 Å². The summed E-state index contributed by atoms with van der Waals surface area (Å²) in [7, 11) is 1.43. The lowest BCUT2D eigenvalue weighted by molar-refractivity contribution is -0.140. The van der Waals surface area contributed by atoms with Gasteiger partial charge in [-0.2, -0.15) is 13.2 Å². The molecule has 1 aromatic rings. The maximum absolute atomic E-state index is 13.1. The van der Waals surface area contributed by atoms with Crippen LogP contribution in [-0.2, 0) is 6.18 Å². The number of benzene rings is 1. The van der Waals surface area contributed by atoms with Crippen molar-refractivity contribution in [2.24, 2.45) is 5.73 Å². The lowest BCUT2D eigenvalue weighted by Crippen LogP contribution is -2.39. The number of rotatable bonds is 3. The van der Waals surface area contributed by atoms with E-state index in [9.17, 15) is 22.4 Å². The molecule has 0 aromatic heterocycles. The molecule has 0 aliphatic rings. The molecule has 1 amide bonds. The quantitative estimate of drug-likeness (QED) is 0.862. The molecule has 0 bridgehead atoms. The summed E-state index contributed by atoms with van der Waals surface area (Å²) in [5.74, 6) is -2.04. The van der Waals surface area contributed by atoms with E-state index in [0.717, 1.165) is 6.07 Å². The first-order valence-electron chi connectivity index (χ1n) is 5.52. The first-order chi connectivity index (χ1) is 8.68. The lowest BCUT2D eigenvalue weighted by atomic mass is 10.1. The van der Waals surface area contributed by atoms with E-state index in [1.54, 1.807) is 6.92 Å². The van der Waals surface area contributed by atoms with Crippen molar-refractivity contribution in [2.75, 3.05) is 13.6 Å². The summed E-state index contributed by atoms with van der Waals surface area (Å²) in [6.07, 6.45) is -4.83. The van der Waals surface area contributed by atoms with Crippen molar-refractivity contribution in [3.05, 3.63) is 35.1 Å². The highest BCUT2D eigenvalue weighted by Gasteiger charge is 2.35. The summed E-state index contributed by atoms with van der Waals surface area (Å²) in [5.41, 5.74) is 3.70. The van der Waals surface area contributed by atoms with Crippen molar-refractivity contribution < 1.29 is 22.4 Å². The normalized spacial score (nSPS) is 13.2. The minimum atomic E-state index is -4.83. The number of nitrogens with zero attached hydrogens (tertiary/aromatic N) is 1. The number of hydrogen-bond donors (Lipinski definition) is 1. The molecular formula is C12H14F4N2O. The number of carbonyl (C=O) groups is 1. The Balaban J connectivity index is 3.13. The molecule has 0 fully saturated rings. The van der Waals surface area contributed by atoms with Gasteiger partial charge >= 0.3 is 6.18 Å². The van der Waals surface area contributed by atoms with Crippen LogP contribution >= 0.6 is 0 Å². The largest absolute Gasteiger partial charge is 0.419 e. The molecule has 1 aromatic carbocycles. The fraction of sp³-hybridized carbons (Fsp3) is 0.417. The van der Waals surface area contributed by atoms with Crippen LogP contribution in [-0.4, -0.2) is 30.4 Å². The number of halogens is 4. The second-order valence-corrected chi connectivity index (χ2v) is 4.19. The molecule has 0 saturated heterocycles. The van der Waals surface area contributed by atoms with Crippen molar-refractivity contribution in [3.8, 4) is 0 Å². The Morgan fingerprint density at radius 2 is 2.00 bits per heavy atom. The highest BCUT2D eigenvalue weighted by molar-refractivity contribution is 5.94. The summed E-state index contributed by atoms with van der Waals surface area (Å²) in [4.78, 5) is 13.1. The smallest absolute Gasteiger partial charge is 0.338 e. The molecule has 0 radical (unpaired) electrons. The average Bonchev–Trinajstić information content (AvgIpc) is 2.35. The van der Waals surface area contributed by atoms with Gasteiger partial charge in [-0.15, -0.1) is 0 Å². The third-order valence-electron chi connectivity index (χ3n) is 2.84. The number of carbonyl (C=O) groups excluding carboxylic acids is 1. The number of nitrogens with two attached hydrogens (primary N) is 1. The Bertz CT molecular complexity index is 473. The van der Waals surface area contributed by atoms with Gasteiger partial charge < -0.3 is 10.6 Å². The molecule has 0 saturated carbocycles. The van der Waals surface area contributed by atoms with E-state index >= 15 is 0 Å². The van der Waals surface area contributed by atoms with Crippen molar-refractivity contribution in [2.45, 2.75) is 19.1 Å². The van der Waals surface area contributed by atoms with Gasteiger partial charge in [0.25, 0.3) is 5.91 Å². The molecule has 1 atom stereocenters. The second-order valence-electron chi connectivity index (χ2n) is 4.19. The summed E-state index contributed by atoms with van der Waals surface area (Å²) in [6.45, 7) is 1.83. The Morgan fingerprint density at radius 1 is 1.42 bits per heavy atom. The molecule has 2 N–H and O–H groups in total. The Morgan fingerprint density at radius 3 is 2.47 bits per heavy atom. The van der Waals surface area contributed by atoms with Gasteiger partial charge in [0.1, 0.15) is 5.82 Å². The zero-order valence-corrected chi connectivity index (χ0v) is 10.5. The minimum Gasteiger partial charge on any atom is -0.338 e. The summed E-state index contributed by atoms with van der Waals surface area (Å²) >= 11 is 0. The van der Waals surface area contributed by atoms with Crippen LogP contribution in [0, 0.1) is 5.82 Å². The predicted molar refractivity (Wildman–Crippen MR) is 62.0 cm³/mol. The van der Waals surface area contributed by atoms with Gasteiger partial charge in [-0.05, 0) is 25.1 Å². The topological polar surface area (TPSA) is 46.3 Å². The fourth-order valence-electron chi connectivity index (χ4n) is 1.44. The van der Waals surface area contributed by atoms with Crippen LogP contribution in [0.25, 0.3) is 0 Å². The zero-order chi connectivity index (χ0) is 14.8. The van der Waals surface area contributed by atoms with Gasteiger partial charge in [0, 0.05) is 25.2 Å². The van der Waals surface area contributed by atoms with E-state index in [-0.39, 0.29) is 18.2 Å². The van der Waals surface area contributed by atoms with Gasteiger partial charge in [-0.3, -0.25) is 4.79 Å². The standard InChI is InChI=1S/C12H14F4N2O/c1-7(6-17)18(2)11(19)8-3-4-10(13)9(5-8)12(14,15)16/h3-5,7H,6,17H2,1-2H3. The number of hydrogen-bond acceptors (Lipinski definition) is 2. The third-order valence-corrected chi connectivity index (χ3v) is 2.84. The van der Waals surface area contributed by atoms with E-state index in [1.165, 1.54) is 11.9 Å². The second kappa shape index (κ2) is 5.56. The first-order valence-corrected chi connectivity index (χ1v) is 5.52. The summed E-state index contributed by atoms with van der Waals surface area (Å²) in [6, 6.07) is 1.84. The van der Waals surface area contributed by atoms with E-state index in [0.29, 0.717) is 12.1 Å². The number of amides is 1. The molecule has 106 valence electrons. The molecule has 0 aliphatic heterocycles. The van der Waals surface area contributed by atoms with Gasteiger partial charge in [-0.1, -0.05) is 0 Å². The Labute approximate surface area is 108 Å². The molecular weight excluding hydrogens is 264 g/mol. The third kappa shape index (κ3) is 3.44. The van der Waals surface area contributed by atoms with Crippen LogP contribution < -0.4 is 5.73 Å². The summed E-state index contributed by atoms with van der Waals surface area (Å²) < 4.78 is 50.7. The fourth-order valence-corrected chi connectivity index (χ4v) is 1.44. The van der Waals surface area contributed by atoms with E-state index in [1.807, 2.05) is 0 Å².